The Morgan fingerprint density at radius 3 is 2.60 bits per heavy atom. The van der Waals surface area contributed by atoms with Gasteiger partial charge in [-0.15, -0.1) is 0 Å². The molecular formula is C28H25F4NO6S. The number of aliphatic carboxylic acids is 1. The van der Waals surface area contributed by atoms with Gasteiger partial charge < -0.3 is 14.6 Å². The fourth-order valence-electron chi connectivity index (χ4n) is 5.31. The summed E-state index contributed by atoms with van der Waals surface area (Å²) in [5.41, 5.74) is 0.780. The van der Waals surface area contributed by atoms with Crippen LogP contribution >= 0.6 is 0 Å². The van der Waals surface area contributed by atoms with Crippen molar-refractivity contribution in [2.24, 2.45) is 11.8 Å². The van der Waals surface area contributed by atoms with Crippen LogP contribution in [0.25, 0.3) is 11.1 Å². The van der Waals surface area contributed by atoms with Gasteiger partial charge in [-0.3, -0.25) is 4.79 Å². The molecule has 0 amide bonds. The summed E-state index contributed by atoms with van der Waals surface area (Å²) in [6.07, 6.45) is -2.00. The summed E-state index contributed by atoms with van der Waals surface area (Å²) in [4.78, 5) is 15.2. The van der Waals surface area contributed by atoms with Crippen molar-refractivity contribution in [3.8, 4) is 22.8 Å². The third-order valence-electron chi connectivity index (χ3n) is 7.23. The highest BCUT2D eigenvalue weighted by Gasteiger charge is 2.59. The first-order valence-electron chi connectivity index (χ1n) is 12.5. The largest absolute Gasteiger partial charge is 0.489 e. The van der Waals surface area contributed by atoms with Gasteiger partial charge in [-0.2, -0.15) is 13.2 Å². The Morgan fingerprint density at radius 1 is 1.12 bits per heavy atom. The predicted octanol–water partition coefficient (Wildman–Crippen LogP) is 5.27. The molecule has 3 atom stereocenters. The summed E-state index contributed by atoms with van der Waals surface area (Å²) in [6, 6.07) is 9.58. The molecule has 3 unspecified atom stereocenters. The average Bonchev–Trinajstić information content (AvgIpc) is 3.47. The minimum absolute atomic E-state index is 0.0105. The Kier molecular flexibility index (Phi) is 7.24. The van der Waals surface area contributed by atoms with Crippen molar-refractivity contribution in [2.75, 3.05) is 18.6 Å². The Morgan fingerprint density at radius 2 is 1.90 bits per heavy atom. The maximum atomic E-state index is 14.6. The second kappa shape index (κ2) is 10.4. The quantitative estimate of drug-likeness (QED) is 0.258. The molecule has 3 aromatic rings. The Bertz CT molecular complexity index is 1570. The van der Waals surface area contributed by atoms with Crippen LogP contribution in [0.3, 0.4) is 0 Å². The van der Waals surface area contributed by atoms with E-state index in [2.05, 4.69) is 4.98 Å². The van der Waals surface area contributed by atoms with Gasteiger partial charge in [0, 0.05) is 35.6 Å². The number of nitrogens with zero attached hydrogens (tertiary/aromatic N) is 1. The van der Waals surface area contributed by atoms with Gasteiger partial charge in [-0.25, -0.2) is 17.8 Å². The molecule has 1 heterocycles. The van der Waals surface area contributed by atoms with Crippen LogP contribution in [0.1, 0.15) is 34.6 Å². The lowest BCUT2D eigenvalue weighted by atomic mass is 9.99. The van der Waals surface area contributed by atoms with Crippen molar-refractivity contribution >= 4 is 15.8 Å². The number of fused-ring (bicyclic) bond motifs is 3. The van der Waals surface area contributed by atoms with E-state index >= 15 is 0 Å². The number of rotatable bonds is 10. The molecule has 212 valence electrons. The van der Waals surface area contributed by atoms with Crippen molar-refractivity contribution in [1.29, 1.82) is 0 Å². The number of carboxylic acid groups (broad SMARTS) is 1. The minimum Gasteiger partial charge on any atom is -0.489 e. The summed E-state index contributed by atoms with van der Waals surface area (Å²) in [5, 5.41) is 9.27. The minimum atomic E-state index is -4.76. The summed E-state index contributed by atoms with van der Waals surface area (Å²) >= 11 is 0. The van der Waals surface area contributed by atoms with Crippen molar-refractivity contribution in [2.45, 2.75) is 31.5 Å². The Hall–Kier alpha value is -3.67. The third kappa shape index (κ3) is 5.91. The number of ether oxygens (including phenoxy) is 2. The van der Waals surface area contributed by atoms with Crippen LogP contribution in [-0.2, 0) is 33.8 Å². The molecule has 5 rings (SSSR count). The van der Waals surface area contributed by atoms with Gasteiger partial charge in [0.1, 0.15) is 28.0 Å². The van der Waals surface area contributed by atoms with Crippen LogP contribution in [0.5, 0.6) is 11.6 Å². The second-order valence-corrected chi connectivity index (χ2v) is 12.4. The van der Waals surface area contributed by atoms with Crippen LogP contribution in [0, 0.1) is 17.7 Å². The van der Waals surface area contributed by atoms with E-state index in [-0.39, 0.29) is 65.7 Å². The van der Waals surface area contributed by atoms with Crippen molar-refractivity contribution < 1.29 is 45.4 Å². The maximum absolute atomic E-state index is 14.6. The number of sulfone groups is 1. The number of pyridine rings is 1. The molecule has 0 bridgehead atoms. The molecule has 1 saturated carbocycles. The van der Waals surface area contributed by atoms with Gasteiger partial charge in [-0.05, 0) is 59.7 Å². The number of carboxylic acids is 1. The first-order valence-corrected chi connectivity index (χ1v) is 14.5. The molecule has 1 N–H and O–H groups in total. The highest BCUT2D eigenvalue weighted by atomic mass is 32.2. The highest BCUT2D eigenvalue weighted by molar-refractivity contribution is 7.90. The molecule has 0 spiro atoms. The topological polar surface area (TPSA) is 103 Å². The van der Waals surface area contributed by atoms with Crippen LogP contribution in [0.2, 0.25) is 0 Å². The SMILES string of the molecule is CS(=O)(=O)CCCOc1cc(C(F)(F)F)c(-c2ccc(F)c(COc3ccc4c(c3)CC3C(C(=O)O)C43)c2)cn1. The monoisotopic (exact) mass is 579 g/mol. The molecule has 1 fully saturated rings. The fraction of sp³-hybridized carbons (Fsp3) is 0.357. The molecule has 0 saturated heterocycles. The first kappa shape index (κ1) is 27.9. The smallest absolute Gasteiger partial charge is 0.417 e. The standard InChI is InChI=1S/C28H25F4NO6S/c1-40(36,37)8-2-7-38-24-12-22(28(30,31)32)21(13-33-24)15-3-6-23(29)17(9-15)14-39-18-4-5-19-16(10-18)11-20-25(19)26(20)27(34)35/h3-6,9-10,12-13,20,25-26H,2,7-8,11,14H2,1H3,(H,34,35). The van der Waals surface area contributed by atoms with Crippen molar-refractivity contribution in [3.63, 3.8) is 0 Å². The Balaban J connectivity index is 1.31. The van der Waals surface area contributed by atoms with Gasteiger partial charge in [0.05, 0.1) is 23.8 Å². The zero-order valence-corrected chi connectivity index (χ0v) is 22.1. The molecular weight excluding hydrogens is 554 g/mol. The van der Waals surface area contributed by atoms with Crippen molar-refractivity contribution in [1.82, 2.24) is 4.98 Å². The van der Waals surface area contributed by atoms with Gasteiger partial charge in [0.25, 0.3) is 0 Å². The summed E-state index contributed by atoms with van der Waals surface area (Å²) in [5.74, 6) is -1.74. The van der Waals surface area contributed by atoms with E-state index in [0.717, 1.165) is 35.7 Å². The van der Waals surface area contributed by atoms with E-state index in [1.165, 1.54) is 12.1 Å². The lowest BCUT2D eigenvalue weighted by Gasteiger charge is -2.16. The number of hydrogen-bond acceptors (Lipinski definition) is 6. The van der Waals surface area contributed by atoms with E-state index in [1.54, 1.807) is 12.1 Å². The van der Waals surface area contributed by atoms with Gasteiger partial charge in [-0.1, -0.05) is 12.1 Å². The van der Waals surface area contributed by atoms with E-state index in [0.29, 0.717) is 12.2 Å². The molecule has 0 aliphatic heterocycles. The molecule has 0 radical (unpaired) electrons. The zero-order valence-electron chi connectivity index (χ0n) is 21.2. The van der Waals surface area contributed by atoms with Crippen LogP contribution < -0.4 is 9.47 Å². The number of hydrogen-bond donors (Lipinski definition) is 1. The number of alkyl halides is 3. The lowest BCUT2D eigenvalue weighted by Crippen LogP contribution is -2.11. The molecule has 7 nitrogen and oxygen atoms in total. The summed E-state index contributed by atoms with van der Waals surface area (Å²) in [6.45, 7) is -0.363. The van der Waals surface area contributed by atoms with Gasteiger partial charge in [0.2, 0.25) is 5.88 Å². The van der Waals surface area contributed by atoms with E-state index in [4.69, 9.17) is 9.47 Å². The normalized spacial score (nSPS) is 19.6. The molecule has 12 heteroatoms. The number of carbonyl (C=O) groups is 1. The van der Waals surface area contributed by atoms with Gasteiger partial charge >= 0.3 is 12.1 Å². The first-order chi connectivity index (χ1) is 18.8. The molecule has 2 aliphatic carbocycles. The molecule has 1 aromatic heterocycles. The van der Waals surface area contributed by atoms with E-state index in [1.807, 2.05) is 6.07 Å². The zero-order chi connectivity index (χ0) is 28.8. The molecule has 2 aliphatic rings. The third-order valence-corrected chi connectivity index (χ3v) is 8.26. The second-order valence-electron chi connectivity index (χ2n) is 10.1. The summed E-state index contributed by atoms with van der Waals surface area (Å²) < 4.78 is 89.8. The van der Waals surface area contributed by atoms with E-state index < -0.39 is 33.4 Å². The van der Waals surface area contributed by atoms with Crippen molar-refractivity contribution in [3.05, 3.63) is 76.7 Å². The number of halogens is 4. The van der Waals surface area contributed by atoms with Crippen LogP contribution in [-0.4, -0.2) is 43.1 Å². The Labute approximate surface area is 227 Å². The number of benzene rings is 2. The predicted molar refractivity (Wildman–Crippen MR) is 136 cm³/mol. The van der Waals surface area contributed by atoms with Crippen LogP contribution in [0.4, 0.5) is 17.6 Å². The van der Waals surface area contributed by atoms with E-state index in [9.17, 15) is 35.9 Å². The van der Waals surface area contributed by atoms with Gasteiger partial charge in [0.15, 0.2) is 0 Å². The molecule has 40 heavy (non-hydrogen) atoms. The number of aromatic nitrogens is 1. The fourth-order valence-corrected chi connectivity index (χ4v) is 5.95. The highest BCUT2D eigenvalue weighted by Crippen LogP contribution is 2.61. The van der Waals surface area contributed by atoms with Crippen LogP contribution in [0.15, 0.2) is 48.7 Å². The average molecular weight is 580 g/mol. The molecule has 2 aromatic carbocycles. The summed E-state index contributed by atoms with van der Waals surface area (Å²) in [7, 11) is -3.23. The lowest BCUT2D eigenvalue weighted by molar-refractivity contribution is -0.139. The maximum Gasteiger partial charge on any atom is 0.417 e.